The molecule has 6 aromatic rings. The lowest BCUT2D eigenvalue weighted by molar-refractivity contribution is 0.414. The largest absolute Gasteiger partial charge is 0.497 e. The van der Waals surface area contributed by atoms with Crippen LogP contribution in [-0.2, 0) is 0 Å². The van der Waals surface area contributed by atoms with E-state index in [2.05, 4.69) is 111 Å². The monoisotopic (exact) mass is 628 g/mol. The molecule has 0 radical (unpaired) electrons. The third kappa shape index (κ3) is 5.26. The number of benzene rings is 3. The number of fused-ring (bicyclic) bond motifs is 3. The number of thioether (sulfide) groups is 1. The number of aromatic nitrogens is 4. The SMILES string of the molecule is COc1ccnc(-n2c3ccccc3c3ccc(Oc4cc(C)cc(-n5nc(C)c([C@@H]6C(C)=CC(SC)C[C@@H]6C)c5C)c4)cc32)c1. The van der Waals surface area contributed by atoms with Crippen molar-refractivity contribution >= 4 is 33.6 Å². The van der Waals surface area contributed by atoms with Crippen molar-refractivity contribution in [2.45, 2.75) is 52.2 Å². The van der Waals surface area contributed by atoms with Crippen LogP contribution >= 0.6 is 11.8 Å². The molecule has 1 aliphatic carbocycles. The van der Waals surface area contributed by atoms with Gasteiger partial charge < -0.3 is 9.47 Å². The summed E-state index contributed by atoms with van der Waals surface area (Å²) in [6.45, 7) is 11.1. The van der Waals surface area contributed by atoms with Gasteiger partial charge in [0.15, 0.2) is 0 Å². The van der Waals surface area contributed by atoms with Crippen molar-refractivity contribution in [3.8, 4) is 28.8 Å². The van der Waals surface area contributed by atoms with Crippen LogP contribution in [0.4, 0.5) is 0 Å². The second kappa shape index (κ2) is 12.0. The first-order valence-corrected chi connectivity index (χ1v) is 17.1. The fraction of sp³-hybridized carbons (Fsp3) is 0.282. The quantitative estimate of drug-likeness (QED) is 0.165. The summed E-state index contributed by atoms with van der Waals surface area (Å²) >= 11 is 1.95. The number of ether oxygens (including phenoxy) is 2. The van der Waals surface area contributed by atoms with Crippen LogP contribution in [0, 0.1) is 26.7 Å². The van der Waals surface area contributed by atoms with E-state index in [4.69, 9.17) is 19.6 Å². The predicted molar refractivity (Wildman–Crippen MR) is 191 cm³/mol. The molecule has 0 saturated carbocycles. The second-order valence-corrected chi connectivity index (χ2v) is 13.6. The Balaban J connectivity index is 1.27. The van der Waals surface area contributed by atoms with Crippen LogP contribution < -0.4 is 9.47 Å². The number of pyridine rings is 1. The second-order valence-electron chi connectivity index (χ2n) is 12.6. The van der Waals surface area contributed by atoms with E-state index in [1.165, 1.54) is 23.3 Å². The molecule has 46 heavy (non-hydrogen) atoms. The Morgan fingerprint density at radius 1 is 0.848 bits per heavy atom. The van der Waals surface area contributed by atoms with Gasteiger partial charge in [-0.3, -0.25) is 4.57 Å². The normalized spacial score (nSPS) is 18.2. The Bertz CT molecular complexity index is 2120. The van der Waals surface area contributed by atoms with Crippen molar-refractivity contribution in [2.24, 2.45) is 5.92 Å². The van der Waals surface area contributed by atoms with Gasteiger partial charge in [-0.1, -0.05) is 36.8 Å². The van der Waals surface area contributed by atoms with Gasteiger partial charge in [-0.05, 0) is 88.3 Å². The summed E-state index contributed by atoms with van der Waals surface area (Å²) in [7, 11) is 1.68. The molecule has 3 heterocycles. The van der Waals surface area contributed by atoms with Crippen molar-refractivity contribution < 1.29 is 9.47 Å². The average Bonchev–Trinajstić information content (AvgIpc) is 3.53. The summed E-state index contributed by atoms with van der Waals surface area (Å²) < 4.78 is 16.4. The molecule has 0 spiro atoms. The minimum absolute atomic E-state index is 0.384. The molecule has 0 amide bonds. The van der Waals surface area contributed by atoms with Gasteiger partial charge in [0, 0.05) is 57.6 Å². The molecule has 1 unspecified atom stereocenters. The smallest absolute Gasteiger partial charge is 0.141 e. The van der Waals surface area contributed by atoms with E-state index in [1.807, 2.05) is 30.0 Å². The van der Waals surface area contributed by atoms with Gasteiger partial charge in [0.25, 0.3) is 0 Å². The summed E-state index contributed by atoms with van der Waals surface area (Å²) in [5.41, 5.74) is 9.31. The van der Waals surface area contributed by atoms with Crippen LogP contribution in [0.1, 0.15) is 48.7 Å². The first-order valence-electron chi connectivity index (χ1n) is 15.9. The first-order chi connectivity index (χ1) is 22.2. The van der Waals surface area contributed by atoms with Crippen molar-refractivity contribution in [3.05, 3.63) is 113 Å². The van der Waals surface area contributed by atoms with Crippen LogP contribution in [0.2, 0.25) is 0 Å². The van der Waals surface area contributed by atoms with Crippen molar-refractivity contribution in [3.63, 3.8) is 0 Å². The Labute approximate surface area is 275 Å². The number of nitrogens with zero attached hydrogens (tertiary/aromatic N) is 4. The molecule has 3 aromatic heterocycles. The lowest BCUT2D eigenvalue weighted by Crippen LogP contribution is -2.22. The van der Waals surface area contributed by atoms with Gasteiger partial charge in [-0.15, -0.1) is 0 Å². The highest BCUT2D eigenvalue weighted by Crippen LogP contribution is 2.44. The van der Waals surface area contributed by atoms with Gasteiger partial charge in [-0.2, -0.15) is 16.9 Å². The summed E-state index contributed by atoms with van der Waals surface area (Å²) in [5, 5.41) is 7.97. The minimum Gasteiger partial charge on any atom is -0.497 e. The van der Waals surface area contributed by atoms with E-state index in [-0.39, 0.29) is 0 Å². The van der Waals surface area contributed by atoms with Crippen LogP contribution in [0.15, 0.2) is 90.6 Å². The molecule has 0 aliphatic heterocycles. The van der Waals surface area contributed by atoms with E-state index in [0.29, 0.717) is 17.1 Å². The fourth-order valence-corrected chi connectivity index (χ4v) is 8.25. The van der Waals surface area contributed by atoms with E-state index < -0.39 is 0 Å². The number of methoxy groups -OCH3 is 1. The molecule has 0 fully saturated rings. The molecule has 0 N–H and O–H groups in total. The Kier molecular flexibility index (Phi) is 7.89. The highest BCUT2D eigenvalue weighted by atomic mass is 32.2. The topological polar surface area (TPSA) is 54.1 Å². The molecule has 3 aromatic carbocycles. The number of para-hydroxylation sites is 1. The van der Waals surface area contributed by atoms with E-state index in [9.17, 15) is 0 Å². The van der Waals surface area contributed by atoms with Gasteiger partial charge in [0.05, 0.1) is 29.5 Å². The lowest BCUT2D eigenvalue weighted by atomic mass is 9.75. The molecule has 1 aliphatic rings. The summed E-state index contributed by atoms with van der Waals surface area (Å²) in [6.07, 6.45) is 7.64. The van der Waals surface area contributed by atoms with E-state index in [1.54, 1.807) is 13.3 Å². The molecule has 6 nitrogen and oxygen atoms in total. The van der Waals surface area contributed by atoms with Gasteiger partial charge >= 0.3 is 0 Å². The number of aryl methyl sites for hydroxylation is 2. The Morgan fingerprint density at radius 3 is 2.43 bits per heavy atom. The van der Waals surface area contributed by atoms with Crippen LogP contribution in [0.5, 0.6) is 17.2 Å². The van der Waals surface area contributed by atoms with Crippen LogP contribution in [0.25, 0.3) is 33.3 Å². The van der Waals surface area contributed by atoms with Gasteiger partial charge in [0.1, 0.15) is 23.1 Å². The highest BCUT2D eigenvalue weighted by Gasteiger charge is 2.32. The summed E-state index contributed by atoms with van der Waals surface area (Å²) in [4.78, 5) is 4.70. The molecular weight excluding hydrogens is 589 g/mol. The summed E-state index contributed by atoms with van der Waals surface area (Å²) in [5.74, 6) is 4.03. The predicted octanol–water partition coefficient (Wildman–Crippen LogP) is 9.89. The highest BCUT2D eigenvalue weighted by molar-refractivity contribution is 7.99. The van der Waals surface area contributed by atoms with Crippen LogP contribution in [-0.4, -0.2) is 37.9 Å². The number of allylic oxidation sites excluding steroid dienone is 1. The molecule has 234 valence electrons. The zero-order chi connectivity index (χ0) is 32.1. The maximum Gasteiger partial charge on any atom is 0.141 e. The number of hydrogen-bond donors (Lipinski definition) is 0. The molecule has 7 rings (SSSR count). The standard InChI is InChI=1S/C39H40N4O2S/c1-23-16-28(43-27(5)39(26(4)41-43)38-24(2)18-32(46-7)19-25(38)3)20-31(17-23)45-30-12-13-34-33-10-8-9-11-35(33)42(36(34)21-30)37-22-29(44-6)14-15-40-37/h8-18,20-22,25,32,38H,19H2,1-7H3/t25-,32?,38+/m0/s1. The maximum atomic E-state index is 6.60. The minimum atomic E-state index is 0.384. The molecule has 0 saturated heterocycles. The van der Waals surface area contributed by atoms with E-state index >= 15 is 0 Å². The van der Waals surface area contributed by atoms with Gasteiger partial charge in [0.2, 0.25) is 0 Å². The summed E-state index contributed by atoms with van der Waals surface area (Å²) in [6, 6.07) is 24.9. The Morgan fingerprint density at radius 2 is 1.65 bits per heavy atom. The molecule has 7 heteroatoms. The average molecular weight is 629 g/mol. The van der Waals surface area contributed by atoms with E-state index in [0.717, 1.165) is 61.8 Å². The molecular formula is C39H40N4O2S. The third-order valence-electron chi connectivity index (χ3n) is 9.42. The zero-order valence-electron chi connectivity index (χ0n) is 27.5. The maximum absolute atomic E-state index is 6.60. The fourth-order valence-electron chi connectivity index (χ4n) is 7.40. The third-order valence-corrected chi connectivity index (χ3v) is 10.4. The Hall–Kier alpha value is -4.49. The zero-order valence-corrected chi connectivity index (χ0v) is 28.4. The number of hydrogen-bond acceptors (Lipinski definition) is 5. The van der Waals surface area contributed by atoms with Crippen molar-refractivity contribution in [1.29, 1.82) is 0 Å². The number of rotatable bonds is 7. The van der Waals surface area contributed by atoms with Crippen LogP contribution in [0.3, 0.4) is 0 Å². The first kappa shape index (κ1) is 30.2. The van der Waals surface area contributed by atoms with Gasteiger partial charge in [-0.25, -0.2) is 9.67 Å². The van der Waals surface area contributed by atoms with Crippen molar-refractivity contribution in [2.75, 3.05) is 13.4 Å². The lowest BCUT2D eigenvalue weighted by Gasteiger charge is -2.33. The molecule has 0 bridgehead atoms. The van der Waals surface area contributed by atoms with Crippen molar-refractivity contribution in [1.82, 2.24) is 19.3 Å². The molecule has 3 atom stereocenters.